The van der Waals surface area contributed by atoms with Crippen LogP contribution in [0.5, 0.6) is 5.75 Å². The number of thioether (sulfide) groups is 1. The summed E-state index contributed by atoms with van der Waals surface area (Å²) in [6, 6.07) is 23.8. The molecule has 6 nitrogen and oxygen atoms in total. The molecule has 0 spiro atoms. The number of para-hydroxylation sites is 1. The third-order valence-corrected chi connectivity index (χ3v) is 5.91. The average Bonchev–Trinajstić information content (AvgIpc) is 2.80. The van der Waals surface area contributed by atoms with Crippen LogP contribution in [0.25, 0.3) is 0 Å². The summed E-state index contributed by atoms with van der Waals surface area (Å²) in [6.45, 7) is 3.82. The van der Waals surface area contributed by atoms with Gasteiger partial charge in [-0.2, -0.15) is 0 Å². The topological polar surface area (TPSA) is 79.5 Å². The van der Waals surface area contributed by atoms with Gasteiger partial charge in [0.25, 0.3) is 0 Å². The van der Waals surface area contributed by atoms with Gasteiger partial charge < -0.3 is 20.7 Å². The van der Waals surface area contributed by atoms with Gasteiger partial charge in [-0.15, -0.1) is 11.8 Å². The second kappa shape index (κ2) is 11.2. The van der Waals surface area contributed by atoms with E-state index in [1.165, 1.54) is 11.8 Å². The van der Waals surface area contributed by atoms with Crippen LogP contribution in [0.1, 0.15) is 25.5 Å². The van der Waals surface area contributed by atoms with E-state index >= 15 is 0 Å². The molecule has 0 aliphatic rings. The summed E-state index contributed by atoms with van der Waals surface area (Å²) in [7, 11) is 1.63. The maximum Gasteiger partial charge on any atom is 0.323 e. The first kappa shape index (κ1) is 23.2. The van der Waals surface area contributed by atoms with Crippen molar-refractivity contribution in [2.75, 3.05) is 17.7 Å². The molecule has 2 unspecified atom stereocenters. The lowest BCUT2D eigenvalue weighted by Crippen LogP contribution is -2.33. The van der Waals surface area contributed by atoms with Crippen molar-refractivity contribution in [1.29, 1.82) is 0 Å². The molecule has 0 aromatic heterocycles. The third kappa shape index (κ3) is 6.78. The Hall–Kier alpha value is -3.45. The van der Waals surface area contributed by atoms with E-state index in [0.29, 0.717) is 5.69 Å². The molecule has 3 N–H and O–H groups in total. The Morgan fingerprint density at radius 1 is 0.812 bits per heavy atom. The van der Waals surface area contributed by atoms with Gasteiger partial charge in [-0.05, 0) is 67.9 Å². The molecule has 0 saturated heterocycles. The summed E-state index contributed by atoms with van der Waals surface area (Å²) in [5.74, 6) is 0.748. The van der Waals surface area contributed by atoms with Crippen LogP contribution >= 0.6 is 11.8 Å². The Morgan fingerprint density at radius 3 is 2.00 bits per heavy atom. The molecule has 0 bridgehead atoms. The van der Waals surface area contributed by atoms with E-state index in [9.17, 15) is 9.59 Å². The molecule has 3 rings (SSSR count). The van der Waals surface area contributed by atoms with Crippen LogP contribution < -0.4 is 20.7 Å². The Balaban J connectivity index is 1.50. The van der Waals surface area contributed by atoms with Crippen LogP contribution in [0.2, 0.25) is 0 Å². The molecule has 166 valence electrons. The summed E-state index contributed by atoms with van der Waals surface area (Å²) in [5, 5.41) is 8.38. The van der Waals surface area contributed by atoms with E-state index in [2.05, 4.69) is 16.0 Å². The molecule has 3 aromatic rings. The normalized spacial score (nSPS) is 12.3. The summed E-state index contributed by atoms with van der Waals surface area (Å²) >= 11 is 1.50. The maximum absolute atomic E-state index is 12.6. The van der Waals surface area contributed by atoms with Gasteiger partial charge in [0.2, 0.25) is 5.91 Å². The molecule has 0 saturated carbocycles. The lowest BCUT2D eigenvalue weighted by molar-refractivity contribution is -0.120. The molecular weight excluding hydrogens is 422 g/mol. The van der Waals surface area contributed by atoms with Gasteiger partial charge in [0, 0.05) is 16.3 Å². The molecule has 0 radical (unpaired) electrons. The van der Waals surface area contributed by atoms with Gasteiger partial charge in [-0.1, -0.05) is 30.3 Å². The lowest BCUT2D eigenvalue weighted by atomic mass is 10.1. The van der Waals surface area contributed by atoms with Crippen LogP contribution in [-0.4, -0.2) is 24.3 Å². The minimum absolute atomic E-state index is 0.0391. The number of hydrogen-bond acceptors (Lipinski definition) is 4. The predicted molar refractivity (Wildman–Crippen MR) is 130 cm³/mol. The molecular formula is C25H27N3O3S. The summed E-state index contributed by atoms with van der Waals surface area (Å²) in [5.41, 5.74) is 2.35. The molecule has 0 aliphatic heterocycles. The minimum Gasteiger partial charge on any atom is -0.497 e. The van der Waals surface area contributed by atoms with E-state index in [-0.39, 0.29) is 23.2 Å². The van der Waals surface area contributed by atoms with Crippen molar-refractivity contribution in [2.24, 2.45) is 0 Å². The number of methoxy groups -OCH3 is 1. The zero-order valence-electron chi connectivity index (χ0n) is 18.3. The first-order valence-corrected chi connectivity index (χ1v) is 11.2. The number of carbonyl (C=O) groups is 2. The number of nitrogens with one attached hydrogen (secondary N) is 3. The minimum atomic E-state index is -0.310. The van der Waals surface area contributed by atoms with E-state index in [0.717, 1.165) is 21.9 Å². The van der Waals surface area contributed by atoms with Crippen LogP contribution in [0.3, 0.4) is 0 Å². The second-order valence-corrected chi connectivity index (χ2v) is 8.65. The monoisotopic (exact) mass is 449 g/mol. The number of hydrogen-bond donors (Lipinski definition) is 3. The molecule has 3 amide bonds. The molecule has 2 atom stereocenters. The highest BCUT2D eigenvalue weighted by atomic mass is 32.2. The van der Waals surface area contributed by atoms with E-state index < -0.39 is 0 Å². The van der Waals surface area contributed by atoms with Crippen molar-refractivity contribution < 1.29 is 14.3 Å². The van der Waals surface area contributed by atoms with Crippen molar-refractivity contribution in [2.45, 2.75) is 30.0 Å². The summed E-state index contributed by atoms with van der Waals surface area (Å²) in [4.78, 5) is 25.7. The van der Waals surface area contributed by atoms with Crippen molar-refractivity contribution >= 4 is 35.1 Å². The number of amides is 3. The largest absolute Gasteiger partial charge is 0.497 e. The zero-order chi connectivity index (χ0) is 22.9. The average molecular weight is 450 g/mol. The third-order valence-electron chi connectivity index (χ3n) is 4.80. The Bertz CT molecular complexity index is 1020. The first-order valence-electron chi connectivity index (χ1n) is 10.3. The van der Waals surface area contributed by atoms with Crippen molar-refractivity contribution in [3.63, 3.8) is 0 Å². The first-order chi connectivity index (χ1) is 15.4. The smallest absolute Gasteiger partial charge is 0.323 e. The van der Waals surface area contributed by atoms with Crippen LogP contribution in [0.15, 0.2) is 83.8 Å². The number of rotatable bonds is 8. The van der Waals surface area contributed by atoms with Gasteiger partial charge in [0.15, 0.2) is 0 Å². The fourth-order valence-electron chi connectivity index (χ4n) is 3.00. The predicted octanol–water partition coefficient (Wildman–Crippen LogP) is 5.70. The molecule has 32 heavy (non-hydrogen) atoms. The maximum atomic E-state index is 12.6. The Kier molecular flexibility index (Phi) is 8.16. The Morgan fingerprint density at radius 2 is 1.41 bits per heavy atom. The fourth-order valence-corrected chi connectivity index (χ4v) is 3.87. The van der Waals surface area contributed by atoms with E-state index in [1.807, 2.05) is 92.7 Å². The SMILES string of the molecule is COc1ccc(SC(C)C(=O)NC(C)c2ccc(NC(=O)Nc3ccccc3)cc2)cc1. The van der Waals surface area contributed by atoms with Gasteiger partial charge in [0.1, 0.15) is 5.75 Å². The lowest BCUT2D eigenvalue weighted by Gasteiger charge is -2.18. The molecule has 0 fully saturated rings. The van der Waals surface area contributed by atoms with Crippen molar-refractivity contribution in [3.8, 4) is 5.75 Å². The van der Waals surface area contributed by atoms with E-state index in [4.69, 9.17) is 4.74 Å². The number of benzene rings is 3. The number of urea groups is 1. The molecule has 3 aromatic carbocycles. The van der Waals surface area contributed by atoms with E-state index in [1.54, 1.807) is 7.11 Å². The molecule has 0 aliphatic carbocycles. The van der Waals surface area contributed by atoms with Crippen LogP contribution in [0, 0.1) is 0 Å². The number of carbonyl (C=O) groups excluding carboxylic acids is 2. The standard InChI is InChI=1S/C25H27N3O3S/c1-17(26-24(29)18(2)32-23-15-13-22(31-3)14-16-23)19-9-11-21(12-10-19)28-25(30)27-20-7-5-4-6-8-20/h4-18H,1-3H3,(H,26,29)(H2,27,28,30). The highest BCUT2D eigenvalue weighted by Crippen LogP contribution is 2.26. The number of ether oxygens (including phenoxy) is 1. The highest BCUT2D eigenvalue weighted by molar-refractivity contribution is 8.00. The Labute approximate surface area is 192 Å². The second-order valence-electron chi connectivity index (χ2n) is 7.23. The van der Waals surface area contributed by atoms with Gasteiger partial charge in [-0.25, -0.2) is 4.79 Å². The van der Waals surface area contributed by atoms with Crippen LogP contribution in [-0.2, 0) is 4.79 Å². The number of anilines is 2. The fraction of sp³-hybridized carbons (Fsp3) is 0.200. The molecule has 0 heterocycles. The van der Waals surface area contributed by atoms with Gasteiger partial charge in [-0.3, -0.25) is 4.79 Å². The van der Waals surface area contributed by atoms with Gasteiger partial charge in [0.05, 0.1) is 18.4 Å². The van der Waals surface area contributed by atoms with Crippen molar-refractivity contribution in [1.82, 2.24) is 5.32 Å². The summed E-state index contributed by atoms with van der Waals surface area (Å²) < 4.78 is 5.16. The zero-order valence-corrected chi connectivity index (χ0v) is 19.1. The van der Waals surface area contributed by atoms with Crippen LogP contribution in [0.4, 0.5) is 16.2 Å². The van der Waals surface area contributed by atoms with Gasteiger partial charge >= 0.3 is 6.03 Å². The quantitative estimate of drug-likeness (QED) is 0.386. The summed E-state index contributed by atoms with van der Waals surface area (Å²) in [6.07, 6.45) is 0. The highest BCUT2D eigenvalue weighted by Gasteiger charge is 2.17. The molecule has 7 heteroatoms. The van der Waals surface area contributed by atoms with Crippen molar-refractivity contribution in [3.05, 3.63) is 84.4 Å².